The highest BCUT2D eigenvalue weighted by molar-refractivity contribution is 5.94. The van der Waals surface area contributed by atoms with Crippen molar-refractivity contribution >= 4 is 5.91 Å². The molecule has 1 amide bonds. The van der Waals surface area contributed by atoms with Crippen LogP contribution in [-0.2, 0) is 4.74 Å². The number of aromatic hydroxyl groups is 1. The summed E-state index contributed by atoms with van der Waals surface area (Å²) in [5.41, 5.74) is 6.33. The lowest BCUT2D eigenvalue weighted by Gasteiger charge is -2.45. The number of nitrogens with two attached hydrogens (primary N) is 1. The van der Waals surface area contributed by atoms with Gasteiger partial charge in [-0.25, -0.2) is 0 Å². The van der Waals surface area contributed by atoms with Gasteiger partial charge >= 0.3 is 0 Å². The minimum absolute atomic E-state index is 0.0319. The number of pyridine rings is 1. The second kappa shape index (κ2) is 4.22. The first kappa shape index (κ1) is 11.4. The maximum absolute atomic E-state index is 12.0. The maximum atomic E-state index is 12.0. The summed E-state index contributed by atoms with van der Waals surface area (Å²) in [6.07, 6.45) is 3.69. The zero-order chi connectivity index (χ0) is 12.7. The van der Waals surface area contributed by atoms with E-state index in [4.69, 9.17) is 10.5 Å². The van der Waals surface area contributed by atoms with Gasteiger partial charge in [0.05, 0.1) is 23.9 Å². The number of carbonyl (C=O) groups excluding carboxylic acids is 1. The van der Waals surface area contributed by atoms with E-state index in [2.05, 4.69) is 10.3 Å². The fourth-order valence-corrected chi connectivity index (χ4v) is 2.71. The Morgan fingerprint density at radius 2 is 2.39 bits per heavy atom. The van der Waals surface area contributed by atoms with Gasteiger partial charge in [0.1, 0.15) is 5.75 Å². The van der Waals surface area contributed by atoms with Crippen molar-refractivity contribution in [1.82, 2.24) is 10.3 Å². The van der Waals surface area contributed by atoms with Crippen molar-refractivity contribution in [3.63, 3.8) is 0 Å². The standard InChI is InChI=1S/C12H15N3O3/c13-9-8-1-2-18-11(8)10(9)15-12(17)6-3-7(16)5-14-4-6/h3-5,8-11,16H,1-2,13H2,(H,15,17). The van der Waals surface area contributed by atoms with E-state index in [1.807, 2.05) is 0 Å². The Morgan fingerprint density at radius 3 is 3.17 bits per heavy atom. The Morgan fingerprint density at radius 1 is 1.56 bits per heavy atom. The average Bonchev–Trinajstić information content (AvgIpc) is 2.80. The summed E-state index contributed by atoms with van der Waals surface area (Å²) in [7, 11) is 0. The number of rotatable bonds is 2. The van der Waals surface area contributed by atoms with Gasteiger partial charge in [0.2, 0.25) is 0 Å². The Balaban J connectivity index is 1.68. The molecule has 1 aliphatic heterocycles. The molecule has 0 spiro atoms. The van der Waals surface area contributed by atoms with E-state index in [-0.39, 0.29) is 29.8 Å². The minimum Gasteiger partial charge on any atom is -0.506 e. The zero-order valence-electron chi connectivity index (χ0n) is 9.74. The van der Waals surface area contributed by atoms with Crippen molar-refractivity contribution in [2.45, 2.75) is 24.6 Å². The molecule has 1 aliphatic carbocycles. The number of nitrogens with zero attached hydrogens (tertiary/aromatic N) is 1. The van der Waals surface area contributed by atoms with Gasteiger partial charge in [-0.2, -0.15) is 0 Å². The van der Waals surface area contributed by atoms with E-state index < -0.39 is 0 Å². The van der Waals surface area contributed by atoms with Gasteiger partial charge in [0.25, 0.3) is 5.91 Å². The third-order valence-electron chi connectivity index (χ3n) is 3.73. The molecule has 3 rings (SSSR count). The predicted molar refractivity (Wildman–Crippen MR) is 63.0 cm³/mol. The summed E-state index contributed by atoms with van der Waals surface area (Å²) in [6, 6.07) is 1.18. The number of hydrogen-bond acceptors (Lipinski definition) is 5. The van der Waals surface area contributed by atoms with Crippen LogP contribution in [0.3, 0.4) is 0 Å². The molecule has 6 heteroatoms. The molecule has 1 saturated carbocycles. The number of carbonyl (C=O) groups is 1. The van der Waals surface area contributed by atoms with E-state index in [1.54, 1.807) is 0 Å². The molecule has 4 unspecified atom stereocenters. The lowest BCUT2D eigenvalue weighted by molar-refractivity contribution is -0.0161. The number of nitrogens with one attached hydrogen (secondary N) is 1. The van der Waals surface area contributed by atoms with Crippen LogP contribution < -0.4 is 11.1 Å². The Kier molecular flexibility index (Phi) is 2.68. The molecule has 1 aromatic heterocycles. The summed E-state index contributed by atoms with van der Waals surface area (Å²) in [6.45, 7) is 0.711. The Hall–Kier alpha value is -1.66. The van der Waals surface area contributed by atoms with Crippen molar-refractivity contribution in [3.8, 4) is 5.75 Å². The van der Waals surface area contributed by atoms with Crippen molar-refractivity contribution < 1.29 is 14.6 Å². The van der Waals surface area contributed by atoms with Gasteiger partial charge < -0.3 is 20.9 Å². The van der Waals surface area contributed by atoms with Crippen molar-refractivity contribution in [2.75, 3.05) is 6.61 Å². The fourth-order valence-electron chi connectivity index (χ4n) is 2.71. The number of amides is 1. The summed E-state index contributed by atoms with van der Waals surface area (Å²) >= 11 is 0. The molecule has 2 aliphatic rings. The highest BCUT2D eigenvalue weighted by Crippen LogP contribution is 2.37. The molecule has 2 heterocycles. The molecule has 4 N–H and O–H groups in total. The lowest BCUT2D eigenvalue weighted by Crippen LogP contribution is -2.68. The van der Waals surface area contributed by atoms with Crippen LogP contribution >= 0.6 is 0 Å². The molecule has 1 aromatic rings. The molecule has 4 atom stereocenters. The molecule has 0 aromatic carbocycles. The van der Waals surface area contributed by atoms with E-state index in [1.165, 1.54) is 18.5 Å². The van der Waals surface area contributed by atoms with E-state index >= 15 is 0 Å². The van der Waals surface area contributed by atoms with Gasteiger partial charge in [0, 0.05) is 24.8 Å². The lowest BCUT2D eigenvalue weighted by atomic mass is 9.72. The predicted octanol–water partition coefficient (Wildman–Crippen LogP) is -0.368. The highest BCUT2D eigenvalue weighted by Gasteiger charge is 2.52. The van der Waals surface area contributed by atoms with E-state index in [0.717, 1.165) is 6.42 Å². The van der Waals surface area contributed by atoms with Crippen LogP contribution in [0.4, 0.5) is 0 Å². The van der Waals surface area contributed by atoms with E-state index in [0.29, 0.717) is 18.1 Å². The molecule has 0 radical (unpaired) electrons. The van der Waals surface area contributed by atoms with Crippen LogP contribution in [0, 0.1) is 5.92 Å². The summed E-state index contributed by atoms with van der Waals surface area (Å²) in [5.74, 6) is 0.0425. The number of ether oxygens (including phenoxy) is 1. The highest BCUT2D eigenvalue weighted by atomic mass is 16.5. The minimum atomic E-state index is -0.284. The molecule has 1 saturated heterocycles. The van der Waals surface area contributed by atoms with Gasteiger partial charge in [0.15, 0.2) is 0 Å². The van der Waals surface area contributed by atoms with Crippen LogP contribution in [0.1, 0.15) is 16.8 Å². The quantitative estimate of drug-likeness (QED) is 0.664. The summed E-state index contributed by atoms with van der Waals surface area (Å²) < 4.78 is 5.54. The van der Waals surface area contributed by atoms with Crippen LogP contribution in [0.5, 0.6) is 5.75 Å². The normalized spacial score (nSPS) is 33.6. The largest absolute Gasteiger partial charge is 0.506 e. The van der Waals surface area contributed by atoms with E-state index in [9.17, 15) is 9.90 Å². The number of fused-ring (bicyclic) bond motifs is 1. The van der Waals surface area contributed by atoms with Gasteiger partial charge in [-0.3, -0.25) is 9.78 Å². The van der Waals surface area contributed by atoms with Crippen LogP contribution in [0.15, 0.2) is 18.5 Å². The van der Waals surface area contributed by atoms with Gasteiger partial charge in [-0.05, 0) is 12.5 Å². The first-order valence-electron chi connectivity index (χ1n) is 5.99. The second-order valence-electron chi connectivity index (χ2n) is 4.80. The molecule has 0 bridgehead atoms. The first-order chi connectivity index (χ1) is 8.66. The Bertz CT molecular complexity index is 479. The molecule has 6 nitrogen and oxygen atoms in total. The fraction of sp³-hybridized carbons (Fsp3) is 0.500. The van der Waals surface area contributed by atoms with Crippen molar-refractivity contribution in [2.24, 2.45) is 11.7 Å². The first-order valence-corrected chi connectivity index (χ1v) is 5.99. The molecular weight excluding hydrogens is 234 g/mol. The van der Waals surface area contributed by atoms with Crippen LogP contribution in [0.25, 0.3) is 0 Å². The molecular formula is C12H15N3O3. The summed E-state index contributed by atoms with van der Waals surface area (Å²) in [4.78, 5) is 15.7. The third-order valence-corrected chi connectivity index (χ3v) is 3.73. The average molecular weight is 249 g/mol. The Labute approximate surface area is 104 Å². The topological polar surface area (TPSA) is 97.5 Å². The van der Waals surface area contributed by atoms with Crippen molar-refractivity contribution in [3.05, 3.63) is 24.0 Å². The monoisotopic (exact) mass is 249 g/mol. The smallest absolute Gasteiger partial charge is 0.253 e. The van der Waals surface area contributed by atoms with Gasteiger partial charge in [-0.15, -0.1) is 0 Å². The SMILES string of the molecule is NC1C2CCOC2C1NC(=O)c1cncc(O)c1. The maximum Gasteiger partial charge on any atom is 0.253 e. The molecule has 96 valence electrons. The zero-order valence-corrected chi connectivity index (χ0v) is 9.74. The van der Waals surface area contributed by atoms with Gasteiger partial charge in [-0.1, -0.05) is 0 Å². The van der Waals surface area contributed by atoms with Crippen molar-refractivity contribution in [1.29, 1.82) is 0 Å². The molecule has 2 fully saturated rings. The van der Waals surface area contributed by atoms with Crippen LogP contribution in [0.2, 0.25) is 0 Å². The van der Waals surface area contributed by atoms with Crippen LogP contribution in [-0.4, -0.2) is 40.8 Å². The molecule has 18 heavy (non-hydrogen) atoms. The number of aromatic nitrogens is 1. The summed E-state index contributed by atoms with van der Waals surface area (Å²) in [5, 5.41) is 12.1. The second-order valence-corrected chi connectivity index (χ2v) is 4.80. The number of hydrogen-bond donors (Lipinski definition) is 3. The third kappa shape index (κ3) is 1.74.